The molecule has 1 N–H and O–H groups in total. The Bertz CT molecular complexity index is 369. The van der Waals surface area contributed by atoms with Crippen LogP contribution < -0.4 is 5.32 Å². The lowest BCUT2D eigenvalue weighted by Gasteiger charge is -2.08. The molecule has 1 aromatic carbocycles. The summed E-state index contributed by atoms with van der Waals surface area (Å²) in [5, 5.41) is 12.2. The summed E-state index contributed by atoms with van der Waals surface area (Å²) >= 11 is 0. The summed E-state index contributed by atoms with van der Waals surface area (Å²) in [6.07, 6.45) is 0.993. The second-order valence-electron chi connectivity index (χ2n) is 4.28. The van der Waals surface area contributed by atoms with E-state index >= 15 is 0 Å². The maximum Gasteiger partial charge on any atom is 0.0995 e. The largest absolute Gasteiger partial charge is 0.377 e. The van der Waals surface area contributed by atoms with Crippen LogP contribution in [0, 0.1) is 11.3 Å². The number of nitriles is 1. The van der Waals surface area contributed by atoms with Gasteiger partial charge >= 0.3 is 0 Å². The van der Waals surface area contributed by atoms with Gasteiger partial charge in [0.25, 0.3) is 0 Å². The highest BCUT2D eigenvalue weighted by molar-refractivity contribution is 5.36. The first-order valence-electron chi connectivity index (χ1n) is 6.03. The van der Waals surface area contributed by atoms with E-state index in [9.17, 15) is 0 Å². The first kappa shape index (κ1) is 13.7. The van der Waals surface area contributed by atoms with Crippen LogP contribution in [-0.2, 0) is 11.3 Å². The number of benzene rings is 1. The van der Waals surface area contributed by atoms with Gasteiger partial charge in [-0.15, -0.1) is 0 Å². The van der Waals surface area contributed by atoms with Crippen molar-refractivity contribution in [3.63, 3.8) is 0 Å². The lowest BCUT2D eigenvalue weighted by atomic mass is 10.1. The molecule has 1 rings (SSSR count). The van der Waals surface area contributed by atoms with Crippen molar-refractivity contribution in [3.05, 3.63) is 35.4 Å². The zero-order chi connectivity index (χ0) is 12.5. The molecule has 0 aliphatic rings. The van der Waals surface area contributed by atoms with Crippen molar-refractivity contribution in [2.24, 2.45) is 0 Å². The molecule has 0 saturated carbocycles. The van der Waals surface area contributed by atoms with Gasteiger partial charge in [-0.1, -0.05) is 32.0 Å². The van der Waals surface area contributed by atoms with Crippen LogP contribution in [0.1, 0.15) is 31.4 Å². The van der Waals surface area contributed by atoms with Crippen LogP contribution in [0.2, 0.25) is 0 Å². The van der Waals surface area contributed by atoms with Crippen LogP contribution >= 0.6 is 0 Å². The van der Waals surface area contributed by atoms with Crippen molar-refractivity contribution < 1.29 is 4.74 Å². The maximum atomic E-state index is 8.90. The minimum atomic E-state index is 0.519. The summed E-state index contributed by atoms with van der Waals surface area (Å²) in [6, 6.07) is 10.2. The van der Waals surface area contributed by atoms with Crippen LogP contribution in [0.25, 0.3) is 0 Å². The van der Waals surface area contributed by atoms with E-state index in [1.807, 2.05) is 24.3 Å². The highest BCUT2D eigenvalue weighted by atomic mass is 16.5. The molecule has 0 heterocycles. The third-order valence-electron chi connectivity index (χ3n) is 2.41. The van der Waals surface area contributed by atoms with Crippen LogP contribution in [-0.4, -0.2) is 19.2 Å². The van der Waals surface area contributed by atoms with Crippen LogP contribution in [0.5, 0.6) is 0 Å². The Balaban J connectivity index is 2.20. The quantitative estimate of drug-likeness (QED) is 0.734. The van der Waals surface area contributed by atoms with E-state index in [4.69, 9.17) is 10.00 Å². The third-order valence-corrected chi connectivity index (χ3v) is 2.41. The van der Waals surface area contributed by atoms with Crippen molar-refractivity contribution in [2.75, 3.05) is 13.2 Å². The molecular weight excluding hydrogens is 212 g/mol. The summed E-state index contributed by atoms with van der Waals surface area (Å²) in [5.41, 5.74) is 1.67. The predicted molar refractivity (Wildman–Crippen MR) is 68.6 cm³/mol. The van der Waals surface area contributed by atoms with E-state index in [-0.39, 0.29) is 0 Å². The minimum Gasteiger partial charge on any atom is -0.377 e. The topological polar surface area (TPSA) is 45.0 Å². The summed E-state index contributed by atoms with van der Waals surface area (Å²) in [4.78, 5) is 0. The fourth-order valence-electron chi connectivity index (χ4n) is 1.50. The summed E-state index contributed by atoms with van der Waals surface area (Å²) in [6.45, 7) is 6.47. The second-order valence-corrected chi connectivity index (χ2v) is 4.28. The molecule has 0 saturated heterocycles. The average Bonchev–Trinajstić information content (AvgIpc) is 2.33. The molecule has 3 nitrogen and oxygen atoms in total. The van der Waals surface area contributed by atoms with E-state index in [1.165, 1.54) is 0 Å². The Morgan fingerprint density at radius 2 is 2.12 bits per heavy atom. The Labute approximate surface area is 103 Å². The molecule has 0 unspecified atom stereocenters. The molecule has 0 amide bonds. The molecule has 92 valence electrons. The lowest BCUT2D eigenvalue weighted by molar-refractivity contribution is 0.118. The second kappa shape index (κ2) is 7.83. The van der Waals surface area contributed by atoms with Gasteiger partial charge in [-0.25, -0.2) is 0 Å². The van der Waals surface area contributed by atoms with Crippen molar-refractivity contribution in [1.29, 1.82) is 5.26 Å². The highest BCUT2D eigenvalue weighted by Crippen LogP contribution is 2.08. The smallest absolute Gasteiger partial charge is 0.0995 e. The monoisotopic (exact) mass is 232 g/mol. The SMILES string of the molecule is CC(C)NCCCOCc1ccccc1C#N. The van der Waals surface area contributed by atoms with Gasteiger partial charge in [0.15, 0.2) is 0 Å². The molecular formula is C14H20N2O. The Morgan fingerprint density at radius 3 is 2.82 bits per heavy atom. The van der Waals surface area contributed by atoms with Gasteiger partial charge in [0, 0.05) is 12.6 Å². The highest BCUT2D eigenvalue weighted by Gasteiger charge is 2.00. The zero-order valence-corrected chi connectivity index (χ0v) is 10.6. The van der Waals surface area contributed by atoms with E-state index in [0.717, 1.165) is 25.1 Å². The molecule has 0 fully saturated rings. The Kier molecular flexibility index (Phi) is 6.31. The molecule has 0 bridgehead atoms. The minimum absolute atomic E-state index is 0.519. The standard InChI is InChI=1S/C14H20N2O/c1-12(2)16-8-5-9-17-11-14-7-4-3-6-13(14)10-15/h3-4,6-7,12,16H,5,8-9,11H2,1-2H3. The van der Waals surface area contributed by atoms with E-state index in [0.29, 0.717) is 18.2 Å². The number of nitrogens with one attached hydrogen (secondary N) is 1. The number of ether oxygens (including phenoxy) is 1. The normalized spacial score (nSPS) is 10.5. The van der Waals surface area contributed by atoms with Crippen molar-refractivity contribution >= 4 is 0 Å². The predicted octanol–water partition coefficient (Wildman–Crippen LogP) is 2.46. The van der Waals surface area contributed by atoms with Gasteiger partial charge in [0.05, 0.1) is 18.2 Å². The zero-order valence-electron chi connectivity index (χ0n) is 10.6. The van der Waals surface area contributed by atoms with Crippen LogP contribution in [0.3, 0.4) is 0 Å². The van der Waals surface area contributed by atoms with E-state index in [1.54, 1.807) is 0 Å². The molecule has 0 aliphatic heterocycles. The molecule has 0 aromatic heterocycles. The van der Waals surface area contributed by atoms with Crippen molar-refractivity contribution in [1.82, 2.24) is 5.32 Å². The average molecular weight is 232 g/mol. The van der Waals surface area contributed by atoms with E-state index in [2.05, 4.69) is 25.2 Å². The third kappa shape index (κ3) is 5.48. The molecule has 0 spiro atoms. The Morgan fingerprint density at radius 1 is 1.35 bits per heavy atom. The molecule has 0 atom stereocenters. The summed E-state index contributed by atoms with van der Waals surface area (Å²) < 4.78 is 5.55. The fraction of sp³-hybridized carbons (Fsp3) is 0.500. The summed E-state index contributed by atoms with van der Waals surface area (Å²) in [7, 11) is 0. The molecule has 17 heavy (non-hydrogen) atoms. The molecule has 0 radical (unpaired) electrons. The number of rotatable bonds is 7. The Hall–Kier alpha value is -1.37. The molecule has 1 aromatic rings. The van der Waals surface area contributed by atoms with Gasteiger partial charge in [-0.05, 0) is 24.6 Å². The van der Waals surface area contributed by atoms with Gasteiger partial charge in [0.1, 0.15) is 0 Å². The van der Waals surface area contributed by atoms with Crippen LogP contribution in [0.4, 0.5) is 0 Å². The van der Waals surface area contributed by atoms with Gasteiger partial charge in [0.2, 0.25) is 0 Å². The van der Waals surface area contributed by atoms with Crippen molar-refractivity contribution in [2.45, 2.75) is 32.9 Å². The maximum absolute atomic E-state index is 8.90. The van der Waals surface area contributed by atoms with Gasteiger partial charge < -0.3 is 10.1 Å². The van der Waals surface area contributed by atoms with Gasteiger partial charge in [-0.3, -0.25) is 0 Å². The van der Waals surface area contributed by atoms with Crippen LogP contribution in [0.15, 0.2) is 24.3 Å². The van der Waals surface area contributed by atoms with Crippen molar-refractivity contribution in [3.8, 4) is 6.07 Å². The lowest BCUT2D eigenvalue weighted by Crippen LogP contribution is -2.24. The first-order chi connectivity index (χ1) is 8.24. The van der Waals surface area contributed by atoms with E-state index < -0.39 is 0 Å². The summed E-state index contributed by atoms with van der Waals surface area (Å²) in [5.74, 6) is 0. The first-order valence-corrected chi connectivity index (χ1v) is 6.03. The number of hydrogen-bond acceptors (Lipinski definition) is 3. The number of nitrogens with zero attached hydrogens (tertiary/aromatic N) is 1. The molecule has 0 aliphatic carbocycles. The fourth-order valence-corrected chi connectivity index (χ4v) is 1.50. The van der Waals surface area contributed by atoms with Gasteiger partial charge in [-0.2, -0.15) is 5.26 Å². The molecule has 3 heteroatoms. The number of hydrogen-bond donors (Lipinski definition) is 1.